The van der Waals surface area contributed by atoms with E-state index in [0.29, 0.717) is 12.0 Å². The van der Waals surface area contributed by atoms with Crippen LogP contribution in [0.4, 0.5) is 0 Å². The molecule has 1 amide bonds. The summed E-state index contributed by atoms with van der Waals surface area (Å²) in [7, 11) is 1.78. The van der Waals surface area contributed by atoms with Gasteiger partial charge in [0.05, 0.1) is 24.4 Å². The molecule has 2 aliphatic carbocycles. The molecule has 1 N–H and O–H groups in total. The van der Waals surface area contributed by atoms with Gasteiger partial charge in [-0.1, -0.05) is 12.8 Å². The molecule has 3 rings (SSSR count). The molecule has 0 radical (unpaired) electrons. The van der Waals surface area contributed by atoms with Crippen LogP contribution in [0.15, 0.2) is 0 Å². The highest BCUT2D eigenvalue weighted by Crippen LogP contribution is 2.36. The van der Waals surface area contributed by atoms with Gasteiger partial charge in [0, 0.05) is 7.11 Å². The highest BCUT2D eigenvalue weighted by atomic mass is 16.5. The van der Waals surface area contributed by atoms with Crippen LogP contribution in [0.3, 0.4) is 0 Å². The number of carbonyl (C=O) groups is 1. The molecule has 0 spiro atoms. The minimum atomic E-state index is -0.0243. The molecule has 108 valence electrons. The Balaban J connectivity index is 1.80. The summed E-state index contributed by atoms with van der Waals surface area (Å²) >= 11 is 0. The molecule has 1 heterocycles. The summed E-state index contributed by atoms with van der Waals surface area (Å²) in [6.45, 7) is 2.00. The molecular formula is C15H26N2O2. The van der Waals surface area contributed by atoms with Crippen LogP contribution >= 0.6 is 0 Å². The molecule has 4 nitrogen and oxygen atoms in total. The number of hydrogen-bond acceptors (Lipinski definition) is 3. The molecule has 0 aromatic rings. The monoisotopic (exact) mass is 266 g/mol. The van der Waals surface area contributed by atoms with Gasteiger partial charge >= 0.3 is 0 Å². The number of rotatable bonds is 3. The lowest BCUT2D eigenvalue weighted by molar-refractivity contribution is -0.135. The molecule has 4 unspecified atom stereocenters. The van der Waals surface area contributed by atoms with Crippen molar-refractivity contribution in [2.45, 2.75) is 76.2 Å². The Morgan fingerprint density at radius 2 is 1.89 bits per heavy atom. The van der Waals surface area contributed by atoms with E-state index in [1.165, 1.54) is 32.1 Å². The lowest BCUT2D eigenvalue weighted by Gasteiger charge is -2.36. The highest BCUT2D eigenvalue weighted by molar-refractivity contribution is 5.84. The van der Waals surface area contributed by atoms with Crippen molar-refractivity contribution in [1.29, 1.82) is 0 Å². The Morgan fingerprint density at radius 1 is 1.16 bits per heavy atom. The van der Waals surface area contributed by atoms with Crippen molar-refractivity contribution in [3.05, 3.63) is 0 Å². The van der Waals surface area contributed by atoms with Crippen molar-refractivity contribution in [1.82, 2.24) is 10.2 Å². The van der Waals surface area contributed by atoms with Gasteiger partial charge < -0.3 is 9.64 Å². The number of nitrogens with one attached hydrogen (secondary N) is 1. The summed E-state index contributed by atoms with van der Waals surface area (Å²) in [4.78, 5) is 14.7. The fraction of sp³-hybridized carbons (Fsp3) is 0.933. The number of methoxy groups -OCH3 is 1. The molecule has 3 aliphatic rings. The van der Waals surface area contributed by atoms with Gasteiger partial charge in [-0.15, -0.1) is 0 Å². The second-order valence-corrected chi connectivity index (χ2v) is 6.40. The van der Waals surface area contributed by atoms with E-state index in [-0.39, 0.29) is 24.2 Å². The standard InChI is InChI=1S/C15H26N2O2/c1-10-15(18)17(12-8-5-9-13(12)19-2)14(16-10)11-6-3-4-7-11/h10-14,16H,3-9H2,1-2H3. The smallest absolute Gasteiger partial charge is 0.241 e. The average molecular weight is 266 g/mol. The van der Waals surface area contributed by atoms with Gasteiger partial charge in [0.2, 0.25) is 5.91 Å². The van der Waals surface area contributed by atoms with E-state index in [0.717, 1.165) is 12.8 Å². The predicted molar refractivity (Wildman–Crippen MR) is 73.6 cm³/mol. The second-order valence-electron chi connectivity index (χ2n) is 6.40. The van der Waals surface area contributed by atoms with Crippen LogP contribution in [0.5, 0.6) is 0 Å². The number of carbonyl (C=O) groups excluding carboxylic acids is 1. The first-order valence-corrected chi connectivity index (χ1v) is 7.83. The van der Waals surface area contributed by atoms with Crippen LogP contribution in [0.1, 0.15) is 51.9 Å². The largest absolute Gasteiger partial charge is 0.379 e. The van der Waals surface area contributed by atoms with Crippen LogP contribution in [0.2, 0.25) is 0 Å². The van der Waals surface area contributed by atoms with Crippen molar-refractivity contribution in [2.24, 2.45) is 5.92 Å². The third-order valence-electron chi connectivity index (χ3n) is 5.27. The minimum absolute atomic E-state index is 0.0243. The summed E-state index contributed by atoms with van der Waals surface area (Å²) in [5.74, 6) is 0.929. The van der Waals surface area contributed by atoms with E-state index in [4.69, 9.17) is 4.74 Å². The van der Waals surface area contributed by atoms with E-state index in [1.807, 2.05) is 6.92 Å². The van der Waals surface area contributed by atoms with Gasteiger partial charge in [0.1, 0.15) is 0 Å². The molecule has 4 heteroatoms. The zero-order valence-corrected chi connectivity index (χ0v) is 12.1. The first-order chi connectivity index (χ1) is 9.22. The maximum absolute atomic E-state index is 12.5. The Bertz CT molecular complexity index is 341. The lowest BCUT2D eigenvalue weighted by Crippen LogP contribution is -2.51. The molecular weight excluding hydrogens is 240 g/mol. The van der Waals surface area contributed by atoms with Crippen molar-refractivity contribution >= 4 is 5.91 Å². The summed E-state index contributed by atoms with van der Waals surface area (Å²) in [5, 5.41) is 3.54. The van der Waals surface area contributed by atoms with Gasteiger partial charge in [-0.3, -0.25) is 10.1 Å². The van der Waals surface area contributed by atoms with Crippen LogP contribution in [-0.4, -0.2) is 42.3 Å². The first-order valence-electron chi connectivity index (χ1n) is 7.83. The van der Waals surface area contributed by atoms with E-state index in [9.17, 15) is 4.79 Å². The van der Waals surface area contributed by atoms with Gasteiger partial charge in [-0.25, -0.2) is 0 Å². The minimum Gasteiger partial charge on any atom is -0.379 e. The van der Waals surface area contributed by atoms with Gasteiger partial charge in [-0.2, -0.15) is 0 Å². The fourth-order valence-electron chi connectivity index (χ4n) is 4.27. The number of nitrogens with zero attached hydrogens (tertiary/aromatic N) is 1. The predicted octanol–water partition coefficient (Wildman–Crippen LogP) is 1.89. The van der Waals surface area contributed by atoms with E-state index in [1.54, 1.807) is 7.11 Å². The van der Waals surface area contributed by atoms with E-state index < -0.39 is 0 Å². The van der Waals surface area contributed by atoms with E-state index in [2.05, 4.69) is 10.2 Å². The quantitative estimate of drug-likeness (QED) is 0.848. The second kappa shape index (κ2) is 5.41. The molecule has 0 aromatic carbocycles. The summed E-state index contributed by atoms with van der Waals surface area (Å²) in [6.07, 6.45) is 9.02. The van der Waals surface area contributed by atoms with Crippen LogP contribution in [-0.2, 0) is 9.53 Å². The Morgan fingerprint density at radius 3 is 2.58 bits per heavy atom. The summed E-state index contributed by atoms with van der Waals surface area (Å²) in [6, 6.07) is 0.268. The van der Waals surface area contributed by atoms with E-state index >= 15 is 0 Å². The van der Waals surface area contributed by atoms with Gasteiger partial charge in [0.25, 0.3) is 0 Å². The third-order valence-corrected chi connectivity index (χ3v) is 5.27. The molecule has 0 bridgehead atoms. The average Bonchev–Trinajstić information content (AvgIpc) is 3.11. The fourth-order valence-corrected chi connectivity index (χ4v) is 4.27. The van der Waals surface area contributed by atoms with Crippen LogP contribution in [0, 0.1) is 5.92 Å². The Kier molecular flexibility index (Phi) is 3.81. The highest BCUT2D eigenvalue weighted by Gasteiger charge is 2.47. The van der Waals surface area contributed by atoms with Gasteiger partial charge in [0.15, 0.2) is 0 Å². The van der Waals surface area contributed by atoms with Crippen molar-refractivity contribution in [3.8, 4) is 0 Å². The molecule has 4 atom stereocenters. The maximum Gasteiger partial charge on any atom is 0.241 e. The number of ether oxygens (including phenoxy) is 1. The zero-order chi connectivity index (χ0) is 13.4. The van der Waals surface area contributed by atoms with Crippen molar-refractivity contribution < 1.29 is 9.53 Å². The maximum atomic E-state index is 12.5. The van der Waals surface area contributed by atoms with Crippen LogP contribution in [0.25, 0.3) is 0 Å². The Hall–Kier alpha value is -0.610. The third kappa shape index (κ3) is 2.29. The molecule has 3 fully saturated rings. The molecule has 2 saturated carbocycles. The number of hydrogen-bond donors (Lipinski definition) is 1. The first kappa shape index (κ1) is 13.4. The lowest BCUT2D eigenvalue weighted by atomic mass is 10.0. The summed E-state index contributed by atoms with van der Waals surface area (Å²) < 4.78 is 5.61. The summed E-state index contributed by atoms with van der Waals surface area (Å²) in [5.41, 5.74) is 0. The molecule has 19 heavy (non-hydrogen) atoms. The van der Waals surface area contributed by atoms with Gasteiger partial charge in [-0.05, 0) is 44.9 Å². The topological polar surface area (TPSA) is 41.6 Å². The molecule has 0 aromatic heterocycles. The van der Waals surface area contributed by atoms with Crippen molar-refractivity contribution in [2.75, 3.05) is 7.11 Å². The molecule has 1 aliphatic heterocycles. The van der Waals surface area contributed by atoms with Crippen molar-refractivity contribution in [3.63, 3.8) is 0 Å². The number of amides is 1. The zero-order valence-electron chi connectivity index (χ0n) is 12.1. The van der Waals surface area contributed by atoms with Crippen LogP contribution < -0.4 is 5.32 Å². The normalized spacial score (nSPS) is 40.5. The SMILES string of the molecule is COC1CCCC1N1C(=O)C(C)NC1C1CCCC1. The Labute approximate surface area is 115 Å². The molecule has 1 saturated heterocycles.